The Morgan fingerprint density at radius 3 is 2.12 bits per heavy atom. The molecule has 2 aromatic carbocycles. The van der Waals surface area contributed by atoms with E-state index in [4.69, 9.17) is 24.8 Å². The van der Waals surface area contributed by atoms with Crippen LogP contribution in [0, 0.1) is 7.14 Å². The summed E-state index contributed by atoms with van der Waals surface area (Å²) in [6.45, 7) is 0. The van der Waals surface area contributed by atoms with Crippen LogP contribution in [-0.2, 0) is 0 Å². The van der Waals surface area contributed by atoms with E-state index in [-0.39, 0.29) is 0 Å². The zero-order chi connectivity index (χ0) is 17.7. The molecule has 3 aromatic rings. The number of benzene rings is 2. The molecule has 4 rings (SSSR count). The van der Waals surface area contributed by atoms with E-state index >= 15 is 0 Å². The van der Waals surface area contributed by atoms with E-state index in [9.17, 15) is 0 Å². The van der Waals surface area contributed by atoms with Crippen molar-refractivity contribution in [1.29, 1.82) is 0 Å². The predicted octanol–water partition coefficient (Wildman–Crippen LogP) is 4.51. The third-order valence-corrected chi connectivity index (χ3v) is 5.82. The highest BCUT2D eigenvalue weighted by molar-refractivity contribution is 14.1. The maximum atomic E-state index is 5.52. The lowest BCUT2D eigenvalue weighted by Gasteiger charge is -2.30. The van der Waals surface area contributed by atoms with Gasteiger partial charge in [0.15, 0.2) is 11.6 Å². The Kier molecular flexibility index (Phi) is 4.26. The van der Waals surface area contributed by atoms with Crippen LogP contribution in [0.2, 0.25) is 0 Å². The summed E-state index contributed by atoms with van der Waals surface area (Å²) in [6, 6.07) is 7.80. The number of halogens is 2. The third-order valence-electron chi connectivity index (χ3n) is 4.08. The van der Waals surface area contributed by atoms with Crippen molar-refractivity contribution in [2.45, 2.75) is 0 Å². The van der Waals surface area contributed by atoms with Gasteiger partial charge in [-0.2, -0.15) is 0 Å². The molecule has 0 fully saturated rings. The lowest BCUT2D eigenvalue weighted by Crippen LogP contribution is -2.21. The minimum atomic E-state index is 0.578. The summed E-state index contributed by atoms with van der Waals surface area (Å²) in [6.07, 6.45) is 0. The van der Waals surface area contributed by atoms with Crippen molar-refractivity contribution in [3.8, 4) is 11.5 Å². The van der Waals surface area contributed by atoms with Gasteiger partial charge in [0.05, 0.1) is 14.2 Å². The highest BCUT2D eigenvalue weighted by Gasteiger charge is 2.30. The molecule has 1 aliphatic heterocycles. The fourth-order valence-electron chi connectivity index (χ4n) is 2.87. The van der Waals surface area contributed by atoms with Gasteiger partial charge in [-0.25, -0.2) is 15.3 Å². The first-order chi connectivity index (χ1) is 12.0. The van der Waals surface area contributed by atoms with E-state index in [1.54, 1.807) is 14.2 Å². The second-order valence-corrected chi connectivity index (χ2v) is 7.76. The molecule has 0 unspecified atom stereocenters. The quantitative estimate of drug-likeness (QED) is 0.433. The summed E-state index contributed by atoms with van der Waals surface area (Å²) < 4.78 is 13.1. The maximum Gasteiger partial charge on any atom is 0.197 e. The molecule has 0 bridgehead atoms. The molecule has 0 saturated carbocycles. The van der Waals surface area contributed by atoms with Crippen molar-refractivity contribution in [3.63, 3.8) is 0 Å². The van der Waals surface area contributed by atoms with Gasteiger partial charge in [-0.3, -0.25) is 0 Å². The Labute approximate surface area is 172 Å². The minimum absolute atomic E-state index is 0.578. The molecule has 6 nitrogen and oxygen atoms in total. The number of hydrogen-bond donors (Lipinski definition) is 0. The van der Waals surface area contributed by atoms with E-state index in [0.717, 1.165) is 23.9 Å². The van der Waals surface area contributed by atoms with Crippen LogP contribution in [0.15, 0.2) is 24.3 Å². The first-order valence-electron chi connectivity index (χ1n) is 7.41. The standard InChI is InChI=1S/C17H13I2N4O2/c1-23-15-11(25-3)7-6-10(24-2)14(15)21-16-17(23)22-13-9(19)5-4-8(18)12(13)20-16/h4-7H,1-3H3. The lowest BCUT2D eigenvalue weighted by molar-refractivity contribution is 0.403. The van der Waals surface area contributed by atoms with Gasteiger partial charge in [-0.05, 0) is 69.4 Å². The van der Waals surface area contributed by atoms with Crippen LogP contribution in [0.4, 0.5) is 23.0 Å². The van der Waals surface area contributed by atoms with Crippen LogP contribution in [0.5, 0.6) is 11.5 Å². The summed E-state index contributed by atoms with van der Waals surface area (Å²) in [5.41, 5.74) is 3.25. The van der Waals surface area contributed by atoms with Crippen LogP contribution in [0.25, 0.3) is 11.0 Å². The average Bonchev–Trinajstić information content (AvgIpc) is 2.63. The van der Waals surface area contributed by atoms with Crippen LogP contribution >= 0.6 is 45.2 Å². The molecule has 1 radical (unpaired) electrons. The number of aromatic nitrogens is 2. The number of nitrogens with zero attached hydrogens (tertiary/aromatic N) is 4. The molecular formula is C17H13I2N4O2. The van der Waals surface area contributed by atoms with Crippen molar-refractivity contribution in [2.75, 3.05) is 26.2 Å². The van der Waals surface area contributed by atoms with E-state index in [2.05, 4.69) is 45.2 Å². The monoisotopic (exact) mass is 559 g/mol. The molecular weight excluding hydrogens is 546 g/mol. The van der Waals surface area contributed by atoms with Gasteiger partial charge in [0.25, 0.3) is 0 Å². The Bertz CT molecular complexity index is 1010. The van der Waals surface area contributed by atoms with Crippen molar-refractivity contribution in [2.24, 2.45) is 0 Å². The number of fused-ring (bicyclic) bond motifs is 3. The smallest absolute Gasteiger partial charge is 0.197 e. The highest BCUT2D eigenvalue weighted by atomic mass is 127. The first-order valence-corrected chi connectivity index (χ1v) is 9.57. The summed E-state index contributed by atoms with van der Waals surface area (Å²) >= 11 is 4.56. The molecule has 0 saturated heterocycles. The molecule has 2 heterocycles. The van der Waals surface area contributed by atoms with Gasteiger partial charge in [0, 0.05) is 14.2 Å². The summed E-state index contributed by atoms with van der Waals surface area (Å²) in [5.74, 6) is 2.67. The topological polar surface area (TPSA) is 61.6 Å². The van der Waals surface area contributed by atoms with Crippen LogP contribution in [0.1, 0.15) is 0 Å². The maximum absolute atomic E-state index is 5.52. The third kappa shape index (κ3) is 2.57. The van der Waals surface area contributed by atoms with Crippen molar-refractivity contribution in [1.82, 2.24) is 15.3 Å². The average molecular weight is 559 g/mol. The van der Waals surface area contributed by atoms with Crippen LogP contribution in [0.3, 0.4) is 0 Å². The van der Waals surface area contributed by atoms with Crippen molar-refractivity contribution < 1.29 is 9.47 Å². The Balaban J connectivity index is 2.00. The molecule has 0 aliphatic carbocycles. The van der Waals surface area contributed by atoms with Crippen LogP contribution < -0.4 is 19.7 Å². The highest BCUT2D eigenvalue weighted by Crippen LogP contribution is 2.50. The van der Waals surface area contributed by atoms with Gasteiger partial charge in [0.1, 0.15) is 33.9 Å². The first kappa shape index (κ1) is 16.9. The molecule has 1 aliphatic rings. The second-order valence-electron chi connectivity index (χ2n) is 5.44. The number of hydrogen-bond acceptors (Lipinski definition) is 5. The van der Waals surface area contributed by atoms with Crippen molar-refractivity contribution >= 4 is 79.2 Å². The summed E-state index contributed by atoms with van der Waals surface area (Å²) in [4.78, 5) is 11.6. The van der Waals surface area contributed by atoms with E-state index < -0.39 is 0 Å². The second kappa shape index (κ2) is 6.31. The zero-order valence-electron chi connectivity index (χ0n) is 13.7. The normalized spacial score (nSPS) is 12.4. The molecule has 0 spiro atoms. The Morgan fingerprint density at radius 2 is 1.48 bits per heavy atom. The van der Waals surface area contributed by atoms with Gasteiger partial charge in [-0.1, -0.05) is 0 Å². The van der Waals surface area contributed by atoms with Gasteiger partial charge < -0.3 is 14.4 Å². The fraction of sp³-hybridized carbons (Fsp3) is 0.176. The number of anilines is 2. The Morgan fingerprint density at radius 1 is 0.880 bits per heavy atom. The molecule has 0 N–H and O–H groups in total. The zero-order valence-corrected chi connectivity index (χ0v) is 18.0. The molecule has 127 valence electrons. The molecule has 25 heavy (non-hydrogen) atoms. The van der Waals surface area contributed by atoms with E-state index in [0.29, 0.717) is 28.8 Å². The lowest BCUT2D eigenvalue weighted by atomic mass is 10.1. The molecule has 1 aromatic heterocycles. The van der Waals surface area contributed by atoms with Gasteiger partial charge >= 0.3 is 0 Å². The summed E-state index contributed by atoms with van der Waals surface area (Å²) in [7, 11) is 5.21. The number of methoxy groups -OCH3 is 2. The minimum Gasteiger partial charge on any atom is -0.494 e. The predicted molar refractivity (Wildman–Crippen MR) is 114 cm³/mol. The Hall–Kier alpha value is -1.56. The van der Waals surface area contributed by atoms with Crippen LogP contribution in [-0.4, -0.2) is 31.2 Å². The SMILES string of the molecule is COc1ccc(OC)c2c1[N]c1nc3c(I)ccc(I)c3nc1N2C. The largest absolute Gasteiger partial charge is 0.494 e. The van der Waals surface area contributed by atoms with Gasteiger partial charge in [-0.15, -0.1) is 0 Å². The summed E-state index contributed by atoms with van der Waals surface area (Å²) in [5, 5.41) is 4.73. The van der Waals surface area contributed by atoms with Crippen molar-refractivity contribution in [3.05, 3.63) is 31.4 Å². The fourth-order valence-corrected chi connectivity index (χ4v) is 3.98. The molecule has 0 atom stereocenters. The molecule has 0 amide bonds. The van der Waals surface area contributed by atoms with E-state index in [1.165, 1.54) is 0 Å². The van der Waals surface area contributed by atoms with E-state index in [1.807, 2.05) is 36.2 Å². The van der Waals surface area contributed by atoms with Gasteiger partial charge in [0.2, 0.25) is 0 Å². The number of rotatable bonds is 2. The molecule has 8 heteroatoms. The number of ether oxygens (including phenoxy) is 2.